The van der Waals surface area contributed by atoms with Crippen molar-refractivity contribution in [1.82, 2.24) is 14.7 Å². The van der Waals surface area contributed by atoms with Gasteiger partial charge in [-0.15, -0.1) is 0 Å². The van der Waals surface area contributed by atoms with E-state index in [1.54, 1.807) is 38.5 Å². The molecule has 38 heavy (non-hydrogen) atoms. The zero-order valence-corrected chi connectivity index (χ0v) is 23.6. The van der Waals surface area contributed by atoms with Gasteiger partial charge in [0.2, 0.25) is 10.0 Å². The van der Waals surface area contributed by atoms with E-state index in [-0.39, 0.29) is 17.1 Å². The van der Waals surface area contributed by atoms with Crippen LogP contribution in [-0.4, -0.2) is 70.3 Å². The molecule has 0 fully saturated rings. The number of methoxy groups -OCH3 is 2. The predicted molar refractivity (Wildman–Crippen MR) is 151 cm³/mol. The monoisotopic (exact) mass is 563 g/mol. The minimum atomic E-state index is -3.36. The first-order valence-electron chi connectivity index (χ1n) is 12.0. The van der Waals surface area contributed by atoms with E-state index in [0.717, 1.165) is 49.1 Å². The highest BCUT2D eigenvalue weighted by atomic mass is 35.5. The van der Waals surface area contributed by atoms with E-state index >= 15 is 0 Å². The molecule has 0 bridgehead atoms. The van der Waals surface area contributed by atoms with Gasteiger partial charge in [-0.05, 0) is 61.8 Å². The number of halogens is 1. The lowest BCUT2D eigenvalue weighted by atomic mass is 10.1. The van der Waals surface area contributed by atoms with Crippen molar-refractivity contribution in [3.8, 4) is 11.5 Å². The van der Waals surface area contributed by atoms with Crippen LogP contribution in [-0.2, 0) is 23.0 Å². The molecule has 3 aromatic rings. The third-order valence-corrected chi connectivity index (χ3v) is 6.73. The molecule has 0 atom stereocenters. The van der Waals surface area contributed by atoms with Gasteiger partial charge in [0.05, 0.1) is 38.2 Å². The van der Waals surface area contributed by atoms with E-state index in [9.17, 15) is 13.2 Å². The fraction of sp³-hybridized carbons (Fsp3) is 0.385. The Kier molecular flexibility index (Phi) is 10.4. The molecule has 0 radical (unpaired) electrons. The van der Waals surface area contributed by atoms with Gasteiger partial charge >= 0.3 is 0 Å². The van der Waals surface area contributed by atoms with Crippen LogP contribution in [0.3, 0.4) is 0 Å². The lowest BCUT2D eigenvalue weighted by molar-refractivity contribution is 0.335. The van der Waals surface area contributed by atoms with Crippen molar-refractivity contribution in [1.29, 1.82) is 0 Å². The Bertz CT molecular complexity index is 1380. The topological polar surface area (TPSA) is 115 Å². The van der Waals surface area contributed by atoms with Gasteiger partial charge in [0, 0.05) is 18.8 Å². The molecule has 1 heterocycles. The van der Waals surface area contributed by atoms with Crippen molar-refractivity contribution in [2.45, 2.75) is 19.4 Å². The van der Waals surface area contributed by atoms with Gasteiger partial charge in [0.15, 0.2) is 11.5 Å². The number of anilines is 2. The summed E-state index contributed by atoms with van der Waals surface area (Å²) >= 11 is 6.26. The molecule has 12 heteroatoms. The van der Waals surface area contributed by atoms with Gasteiger partial charge in [0.1, 0.15) is 5.69 Å². The normalized spacial score (nSPS) is 11.4. The number of aromatic nitrogens is 2. The molecule has 0 amide bonds. The summed E-state index contributed by atoms with van der Waals surface area (Å²) in [6.45, 7) is 2.51. The summed E-state index contributed by atoms with van der Waals surface area (Å²) in [6.07, 6.45) is 4.22. The first-order valence-corrected chi connectivity index (χ1v) is 14.3. The number of nitrogens with zero attached hydrogens (tertiary/aromatic N) is 3. The zero-order valence-electron chi connectivity index (χ0n) is 22.0. The predicted octanol–water partition coefficient (Wildman–Crippen LogP) is 3.31. The van der Waals surface area contributed by atoms with Crippen molar-refractivity contribution in [3.05, 3.63) is 75.2 Å². The number of hydrogen-bond donors (Lipinski definition) is 2. The van der Waals surface area contributed by atoms with Crippen LogP contribution in [0.4, 0.5) is 11.4 Å². The number of ether oxygens (including phenoxy) is 2. The second kappa shape index (κ2) is 13.5. The number of nitrogens with one attached hydrogen (secondary N) is 2. The third kappa shape index (κ3) is 8.64. The number of hydrogen-bond acceptors (Lipinski definition) is 8. The molecule has 206 valence electrons. The molecular weight excluding hydrogens is 530 g/mol. The molecule has 2 aromatic carbocycles. The first kappa shape index (κ1) is 29.3. The number of sulfonamides is 1. The molecule has 0 spiro atoms. The average molecular weight is 564 g/mol. The lowest BCUT2D eigenvalue weighted by Crippen LogP contribution is -2.28. The Balaban J connectivity index is 1.50. The van der Waals surface area contributed by atoms with Crippen LogP contribution >= 0.6 is 11.6 Å². The van der Waals surface area contributed by atoms with Crippen LogP contribution in [0.5, 0.6) is 11.5 Å². The molecule has 10 nitrogen and oxygen atoms in total. The highest BCUT2D eigenvalue weighted by Gasteiger charge is 2.11. The molecular formula is C26H34ClN5O5S. The summed E-state index contributed by atoms with van der Waals surface area (Å²) in [7, 11) is 1.95. The van der Waals surface area contributed by atoms with Gasteiger partial charge in [-0.1, -0.05) is 29.8 Å². The Morgan fingerprint density at radius 3 is 2.37 bits per heavy atom. The van der Waals surface area contributed by atoms with Crippen LogP contribution in [0.15, 0.2) is 53.5 Å². The Hall–Kier alpha value is -3.28. The maximum Gasteiger partial charge on any atom is 0.291 e. The summed E-state index contributed by atoms with van der Waals surface area (Å²) in [5.74, 6) is 1.43. The molecule has 0 aliphatic rings. The highest BCUT2D eigenvalue weighted by molar-refractivity contribution is 7.92. The summed E-state index contributed by atoms with van der Waals surface area (Å²) in [5.41, 5.74) is 2.40. The minimum absolute atomic E-state index is 0.225. The van der Waals surface area contributed by atoms with E-state index in [4.69, 9.17) is 21.1 Å². The Morgan fingerprint density at radius 1 is 1.03 bits per heavy atom. The Morgan fingerprint density at radius 2 is 1.71 bits per heavy atom. The van der Waals surface area contributed by atoms with Crippen molar-refractivity contribution < 1.29 is 17.9 Å². The second-order valence-electron chi connectivity index (χ2n) is 8.92. The maximum absolute atomic E-state index is 13.0. The molecule has 2 N–H and O–H groups in total. The van der Waals surface area contributed by atoms with Gasteiger partial charge in [-0.25, -0.2) is 13.1 Å². The fourth-order valence-electron chi connectivity index (χ4n) is 3.84. The second-order valence-corrected chi connectivity index (χ2v) is 11.1. The molecule has 0 unspecified atom stereocenters. The van der Waals surface area contributed by atoms with Gasteiger partial charge in [-0.3, -0.25) is 9.52 Å². The summed E-state index contributed by atoms with van der Waals surface area (Å²) in [4.78, 5) is 15.2. The van der Waals surface area contributed by atoms with Crippen molar-refractivity contribution >= 4 is 33.0 Å². The molecule has 0 saturated carbocycles. The molecule has 0 aliphatic heterocycles. The van der Waals surface area contributed by atoms with Crippen molar-refractivity contribution in [2.24, 2.45) is 0 Å². The first-order chi connectivity index (χ1) is 18.1. The minimum Gasteiger partial charge on any atom is -0.493 e. The van der Waals surface area contributed by atoms with Gasteiger partial charge < -0.3 is 19.7 Å². The lowest BCUT2D eigenvalue weighted by Gasteiger charge is -2.18. The molecule has 0 saturated heterocycles. The smallest absolute Gasteiger partial charge is 0.291 e. The van der Waals surface area contributed by atoms with Crippen LogP contribution < -0.4 is 25.1 Å². The third-order valence-electron chi connectivity index (χ3n) is 5.84. The largest absolute Gasteiger partial charge is 0.493 e. The van der Waals surface area contributed by atoms with E-state index in [1.165, 1.54) is 10.9 Å². The fourth-order valence-corrected chi connectivity index (χ4v) is 4.59. The molecule has 0 aliphatic carbocycles. The SMILES string of the molecule is COc1ccc(CCN(C)CCCNc2c(Cl)cnn(Cc3ccc(NS(C)(=O)=O)cc3)c2=O)cc1OC. The zero-order chi connectivity index (χ0) is 27.7. The number of likely N-dealkylation sites (N-methyl/N-ethyl adjacent to an activating group) is 1. The van der Waals surface area contributed by atoms with Crippen LogP contribution in [0.2, 0.25) is 5.02 Å². The standard InChI is InChI=1S/C26H34ClN5O5S/c1-31(15-12-19-8-11-23(36-2)24(16-19)37-3)14-5-13-28-25-22(27)17-29-32(26(25)33)18-20-6-9-21(10-7-20)30-38(4,34)35/h6-11,16-17,28,30H,5,12-15,18H2,1-4H3. The van der Waals surface area contributed by atoms with Crippen molar-refractivity contribution in [3.63, 3.8) is 0 Å². The molecule has 3 rings (SSSR count). The van der Waals surface area contributed by atoms with E-state index in [1.807, 2.05) is 18.2 Å². The molecule has 1 aromatic heterocycles. The van der Waals surface area contributed by atoms with E-state index in [2.05, 4.69) is 27.1 Å². The highest BCUT2D eigenvalue weighted by Crippen LogP contribution is 2.27. The van der Waals surface area contributed by atoms with Crippen LogP contribution in [0, 0.1) is 0 Å². The number of benzene rings is 2. The maximum atomic E-state index is 13.0. The van der Waals surface area contributed by atoms with E-state index < -0.39 is 10.0 Å². The number of rotatable bonds is 14. The summed E-state index contributed by atoms with van der Waals surface area (Å²) in [6, 6.07) is 12.7. The Labute approximate surface area is 228 Å². The quantitative estimate of drug-likeness (QED) is 0.287. The van der Waals surface area contributed by atoms with Gasteiger partial charge in [0.25, 0.3) is 5.56 Å². The average Bonchev–Trinajstić information content (AvgIpc) is 2.88. The van der Waals surface area contributed by atoms with Gasteiger partial charge in [-0.2, -0.15) is 5.10 Å². The summed E-state index contributed by atoms with van der Waals surface area (Å²) < 4.78 is 37.1. The van der Waals surface area contributed by atoms with Crippen LogP contribution in [0.1, 0.15) is 17.5 Å². The van der Waals surface area contributed by atoms with Crippen molar-refractivity contribution in [2.75, 3.05) is 57.2 Å². The summed E-state index contributed by atoms with van der Waals surface area (Å²) in [5, 5.41) is 7.57. The van der Waals surface area contributed by atoms with E-state index in [0.29, 0.717) is 23.7 Å². The van der Waals surface area contributed by atoms with Crippen LogP contribution in [0.25, 0.3) is 0 Å².